The number of unbranched alkanes of at least 4 members (excludes halogenated alkanes) is 7. The number of carbonyl (C=O) groups excluding carboxylic acids is 1. The van der Waals surface area contributed by atoms with E-state index >= 15 is 0 Å². The number of nitrogens with one attached hydrogen (secondary N) is 1. The minimum absolute atomic E-state index is 0.175. The fourth-order valence-electron chi connectivity index (χ4n) is 2.75. The van der Waals surface area contributed by atoms with Gasteiger partial charge in [0.15, 0.2) is 0 Å². The van der Waals surface area contributed by atoms with Crippen molar-refractivity contribution in [2.45, 2.75) is 85.0 Å². The molecule has 0 aromatic carbocycles. The first kappa shape index (κ1) is 20.4. The van der Waals surface area contributed by atoms with Gasteiger partial charge in [-0.3, -0.25) is 4.79 Å². The van der Waals surface area contributed by atoms with E-state index < -0.39 is 0 Å². The summed E-state index contributed by atoms with van der Waals surface area (Å²) in [6, 6.07) is 0. The first-order valence-electron chi connectivity index (χ1n) is 9.06. The van der Waals surface area contributed by atoms with E-state index in [1.807, 2.05) is 0 Å². The first-order valence-corrected chi connectivity index (χ1v) is 9.06. The van der Waals surface area contributed by atoms with Gasteiger partial charge in [0.05, 0.1) is 0 Å². The number of carbonyl (C=O) groups is 1. The second-order valence-electron chi connectivity index (χ2n) is 6.76. The molecule has 0 aromatic rings. The Morgan fingerprint density at radius 3 is 2.10 bits per heavy atom. The van der Waals surface area contributed by atoms with Gasteiger partial charge < -0.3 is 11.1 Å². The highest BCUT2D eigenvalue weighted by Crippen LogP contribution is 2.14. The summed E-state index contributed by atoms with van der Waals surface area (Å²) in [4.78, 5) is 11.8. The Hall–Kier alpha value is -0.570. The molecule has 0 bridgehead atoms. The number of hydrogen-bond acceptors (Lipinski definition) is 2. The summed E-state index contributed by atoms with van der Waals surface area (Å²) in [5.74, 6) is 1.12. The molecule has 3 N–H and O–H groups in total. The van der Waals surface area contributed by atoms with E-state index in [0.717, 1.165) is 19.4 Å². The third-order valence-electron chi connectivity index (χ3n) is 3.96. The van der Waals surface area contributed by atoms with E-state index in [1.165, 1.54) is 44.9 Å². The first-order chi connectivity index (χ1) is 10.1. The van der Waals surface area contributed by atoms with Gasteiger partial charge in [0.1, 0.15) is 0 Å². The SMILES string of the molecule is CCCCCCCCCCNC(=O)CC(CN)CC(C)C. The molecule has 1 atom stereocenters. The molecule has 0 saturated carbocycles. The summed E-state index contributed by atoms with van der Waals surface area (Å²) in [6.45, 7) is 8.05. The molecule has 0 aromatic heterocycles. The fourth-order valence-corrected chi connectivity index (χ4v) is 2.75. The van der Waals surface area contributed by atoms with E-state index in [0.29, 0.717) is 24.8 Å². The zero-order chi connectivity index (χ0) is 15.9. The summed E-state index contributed by atoms with van der Waals surface area (Å²) in [7, 11) is 0. The molecule has 0 aliphatic carbocycles. The van der Waals surface area contributed by atoms with Crippen LogP contribution in [0.5, 0.6) is 0 Å². The lowest BCUT2D eigenvalue weighted by Crippen LogP contribution is -2.29. The highest BCUT2D eigenvalue weighted by atomic mass is 16.1. The van der Waals surface area contributed by atoms with E-state index in [9.17, 15) is 4.79 Å². The van der Waals surface area contributed by atoms with Crippen LogP contribution in [-0.4, -0.2) is 19.0 Å². The lowest BCUT2D eigenvalue weighted by Gasteiger charge is -2.16. The minimum atomic E-state index is 0.175. The highest BCUT2D eigenvalue weighted by Gasteiger charge is 2.13. The van der Waals surface area contributed by atoms with Crippen LogP contribution in [0.15, 0.2) is 0 Å². The van der Waals surface area contributed by atoms with Gasteiger partial charge in [0.2, 0.25) is 5.91 Å². The molecule has 0 fully saturated rings. The van der Waals surface area contributed by atoms with Crippen molar-refractivity contribution in [2.24, 2.45) is 17.6 Å². The lowest BCUT2D eigenvalue weighted by molar-refractivity contribution is -0.122. The molecular formula is C18H38N2O. The molecule has 0 heterocycles. The van der Waals surface area contributed by atoms with Crippen LogP contribution in [0.1, 0.15) is 85.0 Å². The summed E-state index contributed by atoms with van der Waals surface area (Å²) in [5.41, 5.74) is 5.73. The lowest BCUT2D eigenvalue weighted by atomic mass is 9.94. The van der Waals surface area contributed by atoms with Crippen LogP contribution >= 0.6 is 0 Å². The Labute approximate surface area is 132 Å². The second kappa shape index (κ2) is 14.4. The Bertz CT molecular complexity index is 241. The average molecular weight is 299 g/mol. The van der Waals surface area contributed by atoms with Crippen LogP contribution in [0.2, 0.25) is 0 Å². The molecule has 0 radical (unpaired) electrons. The maximum absolute atomic E-state index is 11.8. The van der Waals surface area contributed by atoms with Crippen LogP contribution in [0.3, 0.4) is 0 Å². The molecule has 0 rings (SSSR count). The average Bonchev–Trinajstić information content (AvgIpc) is 2.44. The molecular weight excluding hydrogens is 260 g/mol. The van der Waals surface area contributed by atoms with Crippen molar-refractivity contribution in [1.29, 1.82) is 0 Å². The number of amides is 1. The van der Waals surface area contributed by atoms with E-state index in [2.05, 4.69) is 26.1 Å². The van der Waals surface area contributed by atoms with E-state index in [1.54, 1.807) is 0 Å². The summed E-state index contributed by atoms with van der Waals surface area (Å²) in [6.07, 6.45) is 12.1. The van der Waals surface area contributed by atoms with Crippen molar-refractivity contribution < 1.29 is 4.79 Å². The molecule has 0 spiro atoms. The predicted octanol–water partition coefficient (Wildman–Crippen LogP) is 4.25. The Morgan fingerprint density at radius 1 is 1.00 bits per heavy atom. The van der Waals surface area contributed by atoms with Crippen molar-refractivity contribution in [2.75, 3.05) is 13.1 Å². The van der Waals surface area contributed by atoms with E-state index in [4.69, 9.17) is 5.73 Å². The summed E-state index contributed by atoms with van der Waals surface area (Å²) in [5, 5.41) is 3.04. The van der Waals surface area contributed by atoms with Crippen molar-refractivity contribution in [1.82, 2.24) is 5.32 Å². The molecule has 3 nitrogen and oxygen atoms in total. The summed E-state index contributed by atoms with van der Waals surface area (Å²) < 4.78 is 0. The number of hydrogen-bond donors (Lipinski definition) is 2. The zero-order valence-corrected chi connectivity index (χ0v) is 14.6. The molecule has 21 heavy (non-hydrogen) atoms. The predicted molar refractivity (Wildman–Crippen MR) is 92.2 cm³/mol. The van der Waals surface area contributed by atoms with Gasteiger partial charge in [-0.2, -0.15) is 0 Å². The normalized spacial score (nSPS) is 12.6. The highest BCUT2D eigenvalue weighted by molar-refractivity contribution is 5.76. The van der Waals surface area contributed by atoms with Gasteiger partial charge in [0, 0.05) is 13.0 Å². The third-order valence-corrected chi connectivity index (χ3v) is 3.96. The smallest absolute Gasteiger partial charge is 0.220 e. The van der Waals surface area contributed by atoms with Crippen LogP contribution < -0.4 is 11.1 Å². The molecule has 0 aliphatic heterocycles. The molecule has 1 amide bonds. The van der Waals surface area contributed by atoms with Crippen LogP contribution in [0.25, 0.3) is 0 Å². The zero-order valence-electron chi connectivity index (χ0n) is 14.6. The van der Waals surface area contributed by atoms with Gasteiger partial charge in [0.25, 0.3) is 0 Å². The van der Waals surface area contributed by atoms with Crippen molar-refractivity contribution in [3.63, 3.8) is 0 Å². The maximum atomic E-state index is 11.8. The minimum Gasteiger partial charge on any atom is -0.356 e. The van der Waals surface area contributed by atoms with Gasteiger partial charge in [-0.05, 0) is 31.2 Å². The Balaban J connectivity index is 3.44. The van der Waals surface area contributed by atoms with Crippen molar-refractivity contribution in [3.8, 4) is 0 Å². The Morgan fingerprint density at radius 2 is 1.57 bits per heavy atom. The summed E-state index contributed by atoms with van der Waals surface area (Å²) >= 11 is 0. The van der Waals surface area contributed by atoms with Gasteiger partial charge >= 0.3 is 0 Å². The largest absolute Gasteiger partial charge is 0.356 e. The molecule has 0 saturated heterocycles. The molecule has 0 aliphatic rings. The third kappa shape index (κ3) is 14.1. The molecule has 126 valence electrons. The van der Waals surface area contributed by atoms with Crippen LogP contribution in [0.4, 0.5) is 0 Å². The maximum Gasteiger partial charge on any atom is 0.220 e. The van der Waals surface area contributed by atoms with Gasteiger partial charge in [-0.15, -0.1) is 0 Å². The molecule has 1 unspecified atom stereocenters. The quantitative estimate of drug-likeness (QED) is 0.471. The Kier molecular flexibility index (Phi) is 14.0. The monoisotopic (exact) mass is 298 g/mol. The number of nitrogens with two attached hydrogens (primary N) is 1. The number of rotatable bonds is 14. The second-order valence-corrected chi connectivity index (χ2v) is 6.76. The van der Waals surface area contributed by atoms with Gasteiger partial charge in [-0.1, -0.05) is 65.7 Å². The van der Waals surface area contributed by atoms with Crippen molar-refractivity contribution in [3.05, 3.63) is 0 Å². The van der Waals surface area contributed by atoms with Gasteiger partial charge in [-0.25, -0.2) is 0 Å². The van der Waals surface area contributed by atoms with Crippen LogP contribution in [-0.2, 0) is 4.79 Å². The topological polar surface area (TPSA) is 55.1 Å². The van der Waals surface area contributed by atoms with Crippen LogP contribution in [0, 0.1) is 11.8 Å². The standard InChI is InChI=1S/C18H38N2O/c1-4-5-6-7-8-9-10-11-12-20-18(21)14-17(15-19)13-16(2)3/h16-17H,4-15,19H2,1-3H3,(H,20,21). The van der Waals surface area contributed by atoms with Crippen molar-refractivity contribution >= 4 is 5.91 Å². The molecule has 3 heteroatoms. The fraction of sp³-hybridized carbons (Fsp3) is 0.944. The van der Waals surface area contributed by atoms with E-state index in [-0.39, 0.29) is 5.91 Å².